The molecule has 0 saturated carbocycles. The van der Waals surface area contributed by atoms with Crippen LogP contribution in [-0.4, -0.2) is 40.0 Å². The lowest BCUT2D eigenvalue weighted by Crippen LogP contribution is -2.42. The molecule has 0 spiro atoms. The number of carbonyl (C=O) groups is 2. The van der Waals surface area contributed by atoms with Crippen molar-refractivity contribution in [3.05, 3.63) is 29.7 Å². The van der Waals surface area contributed by atoms with E-state index in [4.69, 9.17) is 10.2 Å². The Labute approximate surface area is 127 Å². The van der Waals surface area contributed by atoms with Gasteiger partial charge in [0.25, 0.3) is 5.91 Å². The van der Waals surface area contributed by atoms with Crippen LogP contribution in [0.1, 0.15) is 28.9 Å². The number of rotatable bonds is 3. The molecule has 3 N–H and O–H groups in total. The van der Waals surface area contributed by atoms with Crippen LogP contribution in [0, 0.1) is 12.8 Å². The van der Waals surface area contributed by atoms with Crippen molar-refractivity contribution in [2.24, 2.45) is 11.7 Å². The summed E-state index contributed by atoms with van der Waals surface area (Å²) in [4.78, 5) is 25.7. The van der Waals surface area contributed by atoms with Crippen molar-refractivity contribution < 1.29 is 14.0 Å². The summed E-state index contributed by atoms with van der Waals surface area (Å²) >= 11 is 0. The fourth-order valence-electron chi connectivity index (χ4n) is 2.81. The van der Waals surface area contributed by atoms with Crippen LogP contribution in [0.5, 0.6) is 0 Å². The molecular formula is C15H18N4O3. The summed E-state index contributed by atoms with van der Waals surface area (Å²) in [6.45, 7) is 2.85. The third-order valence-electron chi connectivity index (χ3n) is 4.10. The monoisotopic (exact) mass is 302 g/mol. The molecule has 0 aromatic carbocycles. The summed E-state index contributed by atoms with van der Waals surface area (Å²) in [5, 5.41) is 7.02. The van der Waals surface area contributed by atoms with Crippen LogP contribution in [0.15, 0.2) is 22.8 Å². The van der Waals surface area contributed by atoms with Crippen molar-refractivity contribution >= 4 is 11.8 Å². The van der Waals surface area contributed by atoms with Crippen LogP contribution < -0.4 is 5.73 Å². The number of likely N-dealkylation sites (tertiary alicyclic amines) is 1. The molecule has 2 amide bonds. The first kappa shape index (κ1) is 14.4. The van der Waals surface area contributed by atoms with Gasteiger partial charge in [-0.25, -0.2) is 0 Å². The minimum atomic E-state index is -0.289. The van der Waals surface area contributed by atoms with Gasteiger partial charge in [0.1, 0.15) is 5.69 Å². The number of nitrogens with two attached hydrogens (primary N) is 1. The molecule has 2 aromatic heterocycles. The molecule has 116 valence electrons. The zero-order valence-corrected chi connectivity index (χ0v) is 12.3. The van der Waals surface area contributed by atoms with E-state index < -0.39 is 0 Å². The second kappa shape index (κ2) is 5.67. The number of nitrogens with one attached hydrogen (secondary N) is 1. The number of nitrogens with zero attached hydrogens (tertiary/aromatic N) is 2. The Hall–Kier alpha value is -2.57. The molecule has 7 heteroatoms. The smallest absolute Gasteiger partial charge is 0.258 e. The molecule has 1 saturated heterocycles. The molecule has 22 heavy (non-hydrogen) atoms. The van der Waals surface area contributed by atoms with Gasteiger partial charge in [-0.05, 0) is 31.9 Å². The Balaban J connectivity index is 1.82. The quantitative estimate of drug-likeness (QED) is 0.891. The highest BCUT2D eigenvalue weighted by Gasteiger charge is 2.30. The number of carbonyl (C=O) groups excluding carboxylic acids is 2. The zero-order chi connectivity index (χ0) is 15.7. The second-order valence-electron chi connectivity index (χ2n) is 5.52. The van der Waals surface area contributed by atoms with Gasteiger partial charge in [-0.3, -0.25) is 14.7 Å². The lowest BCUT2D eigenvalue weighted by molar-refractivity contribution is -0.123. The van der Waals surface area contributed by atoms with E-state index in [-0.39, 0.29) is 17.7 Å². The Kier molecular flexibility index (Phi) is 3.70. The van der Waals surface area contributed by atoms with Crippen molar-refractivity contribution in [1.29, 1.82) is 0 Å². The number of H-pyrrole nitrogens is 1. The van der Waals surface area contributed by atoms with Crippen molar-refractivity contribution in [3.8, 4) is 11.5 Å². The third-order valence-corrected chi connectivity index (χ3v) is 4.10. The number of furan rings is 1. The molecule has 7 nitrogen and oxygen atoms in total. The van der Waals surface area contributed by atoms with Gasteiger partial charge in [-0.2, -0.15) is 5.10 Å². The highest BCUT2D eigenvalue weighted by molar-refractivity contribution is 6.00. The molecule has 0 radical (unpaired) electrons. The molecule has 0 bridgehead atoms. The van der Waals surface area contributed by atoms with E-state index in [1.54, 1.807) is 23.3 Å². The summed E-state index contributed by atoms with van der Waals surface area (Å²) in [6, 6.07) is 3.53. The number of aromatic amines is 1. The number of hydrogen-bond acceptors (Lipinski definition) is 4. The highest BCUT2D eigenvalue weighted by Crippen LogP contribution is 2.27. The highest BCUT2D eigenvalue weighted by atomic mass is 16.3. The Bertz CT molecular complexity index is 682. The maximum absolute atomic E-state index is 12.8. The molecule has 3 rings (SSSR count). The maximum Gasteiger partial charge on any atom is 0.258 e. The number of amides is 2. The van der Waals surface area contributed by atoms with E-state index in [1.807, 2.05) is 6.92 Å². The third kappa shape index (κ3) is 2.49. The molecular weight excluding hydrogens is 284 g/mol. The molecule has 0 aliphatic carbocycles. The van der Waals surface area contributed by atoms with Crippen molar-refractivity contribution in [2.45, 2.75) is 19.8 Å². The van der Waals surface area contributed by atoms with Crippen LogP contribution >= 0.6 is 0 Å². The lowest BCUT2D eigenvalue weighted by atomic mass is 9.95. The second-order valence-corrected chi connectivity index (χ2v) is 5.52. The van der Waals surface area contributed by atoms with E-state index in [0.717, 1.165) is 0 Å². The van der Waals surface area contributed by atoms with E-state index in [1.165, 1.54) is 0 Å². The van der Waals surface area contributed by atoms with Gasteiger partial charge in [-0.1, -0.05) is 0 Å². The molecule has 1 aliphatic rings. The van der Waals surface area contributed by atoms with Crippen LogP contribution in [0.25, 0.3) is 11.5 Å². The van der Waals surface area contributed by atoms with E-state index in [9.17, 15) is 9.59 Å². The molecule has 2 aromatic rings. The average Bonchev–Trinajstić information content (AvgIpc) is 3.15. The Morgan fingerprint density at radius 2 is 2.14 bits per heavy atom. The lowest BCUT2D eigenvalue weighted by Gasteiger charge is -2.30. The predicted octanol–water partition coefficient (Wildman–Crippen LogP) is 1.32. The van der Waals surface area contributed by atoms with Gasteiger partial charge in [0.15, 0.2) is 5.76 Å². The molecule has 1 aliphatic heterocycles. The van der Waals surface area contributed by atoms with E-state index in [0.29, 0.717) is 48.6 Å². The molecule has 0 atom stereocenters. The first-order chi connectivity index (χ1) is 10.6. The van der Waals surface area contributed by atoms with Gasteiger partial charge in [0.05, 0.1) is 11.8 Å². The minimum absolute atomic E-state index is 0.0967. The Morgan fingerprint density at radius 3 is 2.73 bits per heavy atom. The molecule has 1 fully saturated rings. The SMILES string of the molecule is Cc1[nH]nc(-c2ccco2)c1C(=O)N1CCC(C(N)=O)CC1. The van der Waals surface area contributed by atoms with Crippen molar-refractivity contribution in [2.75, 3.05) is 13.1 Å². The summed E-state index contributed by atoms with van der Waals surface area (Å²) in [5.41, 5.74) is 7.07. The minimum Gasteiger partial charge on any atom is -0.463 e. The van der Waals surface area contributed by atoms with Crippen LogP contribution in [0.2, 0.25) is 0 Å². The van der Waals surface area contributed by atoms with Crippen molar-refractivity contribution in [1.82, 2.24) is 15.1 Å². The standard InChI is InChI=1S/C15H18N4O3/c1-9-12(13(18-17-9)11-3-2-8-22-11)15(21)19-6-4-10(5-7-19)14(16)20/h2-3,8,10H,4-7H2,1H3,(H2,16,20)(H,17,18). The van der Waals surface area contributed by atoms with Crippen LogP contribution in [-0.2, 0) is 4.79 Å². The molecule has 3 heterocycles. The normalized spacial score (nSPS) is 16.0. The number of primary amides is 1. The number of hydrogen-bond donors (Lipinski definition) is 2. The predicted molar refractivity (Wildman–Crippen MR) is 78.8 cm³/mol. The largest absolute Gasteiger partial charge is 0.463 e. The van der Waals surface area contributed by atoms with Crippen LogP contribution in [0.4, 0.5) is 0 Å². The summed E-state index contributed by atoms with van der Waals surface area (Å²) in [6.07, 6.45) is 2.76. The van der Waals surface area contributed by atoms with Crippen molar-refractivity contribution in [3.63, 3.8) is 0 Å². The average molecular weight is 302 g/mol. The first-order valence-electron chi connectivity index (χ1n) is 7.25. The zero-order valence-electron chi connectivity index (χ0n) is 12.3. The first-order valence-corrected chi connectivity index (χ1v) is 7.25. The van der Waals surface area contributed by atoms with Crippen LogP contribution in [0.3, 0.4) is 0 Å². The molecule has 0 unspecified atom stereocenters. The Morgan fingerprint density at radius 1 is 1.41 bits per heavy atom. The fourth-order valence-corrected chi connectivity index (χ4v) is 2.81. The topological polar surface area (TPSA) is 105 Å². The number of aromatic nitrogens is 2. The van der Waals surface area contributed by atoms with Gasteiger partial charge >= 0.3 is 0 Å². The van der Waals surface area contributed by atoms with Gasteiger partial charge < -0.3 is 15.1 Å². The van der Waals surface area contributed by atoms with Gasteiger partial charge in [0.2, 0.25) is 5.91 Å². The summed E-state index contributed by atoms with van der Waals surface area (Å²) in [7, 11) is 0. The summed E-state index contributed by atoms with van der Waals surface area (Å²) < 4.78 is 5.35. The van der Waals surface area contributed by atoms with E-state index >= 15 is 0 Å². The van der Waals surface area contributed by atoms with E-state index in [2.05, 4.69) is 10.2 Å². The van der Waals surface area contributed by atoms with Gasteiger partial charge in [-0.15, -0.1) is 0 Å². The van der Waals surface area contributed by atoms with Gasteiger partial charge in [0, 0.05) is 24.7 Å². The summed E-state index contributed by atoms with van der Waals surface area (Å²) in [5.74, 6) is 0.0298. The maximum atomic E-state index is 12.8. The number of piperidine rings is 1. The fraction of sp³-hybridized carbons (Fsp3) is 0.400. The number of aryl methyl sites for hydroxylation is 1.